The van der Waals surface area contributed by atoms with Crippen LogP contribution < -0.4 is 0 Å². The van der Waals surface area contributed by atoms with Gasteiger partial charge < -0.3 is 0 Å². The van der Waals surface area contributed by atoms with Crippen LogP contribution in [-0.4, -0.2) is 9.85 Å². The average molecular weight is 236 g/mol. The van der Waals surface area contributed by atoms with Crippen LogP contribution in [0.3, 0.4) is 0 Å². The molecule has 86 valence electrons. The van der Waals surface area contributed by atoms with Crippen molar-refractivity contribution >= 4 is 22.1 Å². The highest BCUT2D eigenvalue weighted by atomic mass is 19.1. The van der Waals surface area contributed by atoms with Gasteiger partial charge in [0.05, 0.1) is 21.3 Å². The summed E-state index contributed by atoms with van der Waals surface area (Å²) in [5.41, 5.74) is -1.37. The summed E-state index contributed by atoms with van der Waals surface area (Å²) in [6, 6.07) is 6.21. The fourth-order valence-electron chi connectivity index (χ4n) is 1.59. The zero-order valence-corrected chi connectivity index (χ0v) is 8.29. The van der Waals surface area contributed by atoms with E-state index >= 15 is 0 Å². The van der Waals surface area contributed by atoms with E-state index in [2.05, 4.69) is 0 Å². The maximum Gasteiger partial charge on any atom is 0.312 e. The molecule has 0 aliphatic heterocycles. The second-order valence-corrected chi connectivity index (χ2v) is 3.29. The van der Waals surface area contributed by atoms with E-state index in [-0.39, 0.29) is 10.8 Å². The van der Waals surface area contributed by atoms with E-state index in [0.717, 1.165) is 0 Å². The molecule has 0 heterocycles. The van der Waals surface area contributed by atoms with Crippen LogP contribution in [0, 0.1) is 26.0 Å². The largest absolute Gasteiger partial charge is 0.312 e. The topological polar surface area (TPSA) is 86.3 Å². The van der Waals surface area contributed by atoms with Crippen molar-refractivity contribution in [3.8, 4) is 0 Å². The summed E-state index contributed by atoms with van der Waals surface area (Å²) in [5, 5.41) is 21.3. The van der Waals surface area contributed by atoms with Gasteiger partial charge in [0, 0.05) is 5.39 Å². The molecule has 2 rings (SSSR count). The standard InChI is InChI=1S/C10H5FN2O4/c11-10-7-4-2-1-3-6(7)8(12(14)15)5-9(10)13(16)17/h1-5H. The van der Waals surface area contributed by atoms with Gasteiger partial charge in [-0.25, -0.2) is 0 Å². The van der Waals surface area contributed by atoms with Crippen LogP contribution in [0.1, 0.15) is 0 Å². The van der Waals surface area contributed by atoms with Gasteiger partial charge in [-0.1, -0.05) is 18.2 Å². The molecule has 0 aliphatic carbocycles. The van der Waals surface area contributed by atoms with Crippen LogP contribution in [-0.2, 0) is 0 Å². The molecule has 0 spiro atoms. The molecule has 0 saturated carbocycles. The second-order valence-electron chi connectivity index (χ2n) is 3.29. The Bertz CT molecular complexity index is 641. The Balaban J connectivity index is 2.94. The maximum atomic E-state index is 13.7. The highest BCUT2D eigenvalue weighted by Crippen LogP contribution is 2.33. The van der Waals surface area contributed by atoms with Crippen molar-refractivity contribution in [1.29, 1.82) is 0 Å². The number of hydrogen-bond donors (Lipinski definition) is 0. The van der Waals surface area contributed by atoms with Crippen molar-refractivity contribution in [1.82, 2.24) is 0 Å². The summed E-state index contributed by atoms with van der Waals surface area (Å²) in [4.78, 5) is 19.6. The van der Waals surface area contributed by atoms with Crippen molar-refractivity contribution < 1.29 is 14.2 Å². The molecule has 0 atom stereocenters. The molecule has 0 aromatic heterocycles. The van der Waals surface area contributed by atoms with Crippen LogP contribution in [0.15, 0.2) is 30.3 Å². The van der Waals surface area contributed by atoms with Crippen molar-refractivity contribution in [3.63, 3.8) is 0 Å². The second kappa shape index (κ2) is 3.78. The zero-order chi connectivity index (χ0) is 12.6. The number of rotatable bonds is 2. The summed E-state index contributed by atoms with van der Waals surface area (Å²) in [7, 11) is 0. The summed E-state index contributed by atoms with van der Waals surface area (Å²) in [6.07, 6.45) is 0. The highest BCUT2D eigenvalue weighted by molar-refractivity contribution is 5.93. The van der Waals surface area contributed by atoms with E-state index in [0.29, 0.717) is 6.07 Å². The molecule has 0 bridgehead atoms. The van der Waals surface area contributed by atoms with Gasteiger partial charge in [0.25, 0.3) is 5.69 Å². The fourth-order valence-corrected chi connectivity index (χ4v) is 1.59. The van der Waals surface area contributed by atoms with Crippen molar-refractivity contribution in [2.45, 2.75) is 0 Å². The first-order valence-electron chi connectivity index (χ1n) is 4.52. The molecular formula is C10H5FN2O4. The summed E-state index contributed by atoms with van der Waals surface area (Å²) >= 11 is 0. The van der Waals surface area contributed by atoms with Gasteiger partial charge in [-0.15, -0.1) is 0 Å². The molecule has 0 aliphatic rings. The van der Waals surface area contributed by atoms with Crippen molar-refractivity contribution in [3.05, 3.63) is 56.4 Å². The first-order chi connectivity index (χ1) is 8.02. The van der Waals surface area contributed by atoms with E-state index in [1.54, 1.807) is 0 Å². The number of benzene rings is 2. The zero-order valence-electron chi connectivity index (χ0n) is 8.29. The average Bonchev–Trinajstić information content (AvgIpc) is 2.29. The van der Waals surface area contributed by atoms with Crippen molar-refractivity contribution in [2.24, 2.45) is 0 Å². The Morgan fingerprint density at radius 1 is 0.941 bits per heavy atom. The summed E-state index contributed by atoms with van der Waals surface area (Å²) in [6.45, 7) is 0. The Morgan fingerprint density at radius 3 is 2.00 bits per heavy atom. The monoisotopic (exact) mass is 236 g/mol. The Kier molecular flexibility index (Phi) is 2.43. The molecule has 0 saturated heterocycles. The highest BCUT2D eigenvalue weighted by Gasteiger charge is 2.25. The summed E-state index contributed by atoms with van der Waals surface area (Å²) < 4.78 is 13.7. The molecule has 0 radical (unpaired) electrons. The number of nitro benzene ring substituents is 2. The van der Waals surface area contributed by atoms with E-state index in [9.17, 15) is 24.6 Å². The van der Waals surface area contributed by atoms with Gasteiger partial charge in [0.15, 0.2) is 0 Å². The number of non-ortho nitro benzene ring substituents is 1. The van der Waals surface area contributed by atoms with E-state index in [1.165, 1.54) is 24.3 Å². The lowest BCUT2D eigenvalue weighted by molar-refractivity contribution is -0.394. The van der Waals surface area contributed by atoms with Crippen LogP contribution in [0.4, 0.5) is 15.8 Å². The first-order valence-corrected chi connectivity index (χ1v) is 4.52. The third-order valence-corrected chi connectivity index (χ3v) is 2.33. The lowest BCUT2D eigenvalue weighted by atomic mass is 10.1. The maximum absolute atomic E-state index is 13.7. The molecule has 17 heavy (non-hydrogen) atoms. The minimum Gasteiger partial charge on any atom is -0.258 e. The molecular weight excluding hydrogens is 231 g/mol. The Morgan fingerprint density at radius 2 is 1.47 bits per heavy atom. The van der Waals surface area contributed by atoms with Gasteiger partial charge >= 0.3 is 5.69 Å². The predicted octanol–water partition coefficient (Wildman–Crippen LogP) is 2.80. The predicted molar refractivity (Wildman–Crippen MR) is 57.2 cm³/mol. The number of fused-ring (bicyclic) bond motifs is 1. The van der Waals surface area contributed by atoms with E-state index < -0.39 is 27.0 Å². The van der Waals surface area contributed by atoms with Gasteiger partial charge in [0.1, 0.15) is 0 Å². The fraction of sp³-hybridized carbons (Fsp3) is 0. The SMILES string of the molecule is O=[N+]([O-])c1cc([N+](=O)[O-])c2ccccc2c1F. The van der Waals surface area contributed by atoms with Crippen molar-refractivity contribution in [2.75, 3.05) is 0 Å². The molecule has 0 amide bonds. The van der Waals surface area contributed by atoms with Crippen LogP contribution in [0.2, 0.25) is 0 Å². The van der Waals surface area contributed by atoms with Gasteiger partial charge in [0.2, 0.25) is 5.82 Å². The number of hydrogen-bond acceptors (Lipinski definition) is 4. The third-order valence-electron chi connectivity index (χ3n) is 2.33. The number of nitrogens with zero attached hydrogens (tertiary/aromatic N) is 2. The molecule has 0 fully saturated rings. The third kappa shape index (κ3) is 1.67. The molecule has 0 unspecified atom stereocenters. The Hall–Kier alpha value is -2.57. The molecule has 2 aromatic carbocycles. The molecule has 0 N–H and O–H groups in total. The molecule has 7 heteroatoms. The van der Waals surface area contributed by atoms with Crippen LogP contribution in [0.5, 0.6) is 0 Å². The van der Waals surface area contributed by atoms with E-state index in [4.69, 9.17) is 0 Å². The smallest absolute Gasteiger partial charge is 0.258 e. The molecule has 6 nitrogen and oxygen atoms in total. The molecule has 2 aromatic rings. The lowest BCUT2D eigenvalue weighted by Gasteiger charge is -2.01. The number of nitro groups is 2. The van der Waals surface area contributed by atoms with Gasteiger partial charge in [-0.2, -0.15) is 4.39 Å². The van der Waals surface area contributed by atoms with Crippen LogP contribution >= 0.6 is 0 Å². The van der Waals surface area contributed by atoms with Gasteiger partial charge in [-0.05, 0) is 6.07 Å². The van der Waals surface area contributed by atoms with E-state index in [1.807, 2.05) is 0 Å². The summed E-state index contributed by atoms with van der Waals surface area (Å²) in [5.74, 6) is -1.06. The minimum atomic E-state index is -1.06. The number of halogens is 1. The minimum absolute atomic E-state index is 0.0422. The quantitative estimate of drug-likeness (QED) is 0.592. The lowest BCUT2D eigenvalue weighted by Crippen LogP contribution is -1.97. The normalized spacial score (nSPS) is 10.4. The van der Waals surface area contributed by atoms with Gasteiger partial charge in [-0.3, -0.25) is 20.2 Å². The first kappa shape index (κ1) is 10.9. The Labute approximate surface area is 93.6 Å². The van der Waals surface area contributed by atoms with Crippen LogP contribution in [0.25, 0.3) is 10.8 Å².